The number of Topliss-reactive ketones (excluding diaryl/α,β-unsaturated/α-hetero) is 1. The van der Waals surface area contributed by atoms with E-state index in [9.17, 15) is 4.79 Å². The van der Waals surface area contributed by atoms with Gasteiger partial charge in [0.05, 0.1) is 6.61 Å². The normalized spacial score (nSPS) is 13.6. The predicted molar refractivity (Wildman–Crippen MR) is 103 cm³/mol. The SMILES string of the molecule is CCc1ccc(CC(=O)c2cc(N(CCOC)CC3CC3)ncn2)cc1. The monoisotopic (exact) mass is 353 g/mol. The molecule has 26 heavy (non-hydrogen) atoms. The Hall–Kier alpha value is -2.27. The molecule has 3 rings (SSSR count). The number of aromatic nitrogens is 2. The molecule has 0 amide bonds. The molecule has 0 aliphatic heterocycles. The molecule has 0 radical (unpaired) electrons. The number of ether oxygens (including phenoxy) is 1. The number of aryl methyl sites for hydroxylation is 1. The molecule has 0 spiro atoms. The van der Waals surface area contributed by atoms with Crippen molar-refractivity contribution in [2.24, 2.45) is 5.92 Å². The Morgan fingerprint density at radius 1 is 1.19 bits per heavy atom. The fraction of sp³-hybridized carbons (Fsp3) is 0.476. The van der Waals surface area contributed by atoms with Gasteiger partial charge in [0.25, 0.3) is 0 Å². The van der Waals surface area contributed by atoms with Crippen molar-refractivity contribution < 1.29 is 9.53 Å². The van der Waals surface area contributed by atoms with Gasteiger partial charge in [0.1, 0.15) is 17.8 Å². The van der Waals surface area contributed by atoms with Crippen molar-refractivity contribution >= 4 is 11.6 Å². The van der Waals surface area contributed by atoms with Crippen LogP contribution in [-0.2, 0) is 17.6 Å². The third-order valence-corrected chi connectivity index (χ3v) is 4.80. The zero-order valence-electron chi connectivity index (χ0n) is 15.6. The molecule has 1 fully saturated rings. The Bertz CT molecular complexity index is 726. The first-order valence-corrected chi connectivity index (χ1v) is 9.36. The van der Waals surface area contributed by atoms with Crippen LogP contribution in [0.2, 0.25) is 0 Å². The Kier molecular flexibility index (Phi) is 6.34. The third kappa shape index (κ3) is 5.11. The van der Waals surface area contributed by atoms with Crippen LogP contribution >= 0.6 is 0 Å². The first-order valence-electron chi connectivity index (χ1n) is 9.36. The van der Waals surface area contributed by atoms with E-state index < -0.39 is 0 Å². The second-order valence-electron chi connectivity index (χ2n) is 6.91. The summed E-state index contributed by atoms with van der Waals surface area (Å²) in [5.41, 5.74) is 2.77. The van der Waals surface area contributed by atoms with Crippen LogP contribution in [-0.4, -0.2) is 42.6 Å². The molecule has 0 bridgehead atoms. The van der Waals surface area contributed by atoms with Crippen molar-refractivity contribution in [3.05, 3.63) is 53.5 Å². The van der Waals surface area contributed by atoms with Crippen LogP contribution in [0.5, 0.6) is 0 Å². The summed E-state index contributed by atoms with van der Waals surface area (Å²) in [6.07, 6.45) is 5.40. The Balaban J connectivity index is 1.70. The first-order chi connectivity index (χ1) is 12.7. The standard InChI is InChI=1S/C21H27N3O2/c1-3-16-4-6-17(7-5-16)12-20(25)19-13-21(23-15-22-19)24(10-11-26-2)14-18-8-9-18/h4-7,13,15,18H,3,8-12,14H2,1-2H3. The van der Waals surface area contributed by atoms with Crippen LogP contribution in [0.25, 0.3) is 0 Å². The number of ketones is 1. The highest BCUT2D eigenvalue weighted by atomic mass is 16.5. The molecule has 1 saturated carbocycles. The molecular weight excluding hydrogens is 326 g/mol. The number of benzene rings is 1. The highest BCUT2D eigenvalue weighted by Gasteiger charge is 2.25. The summed E-state index contributed by atoms with van der Waals surface area (Å²) in [5, 5.41) is 0. The molecule has 5 heteroatoms. The van der Waals surface area contributed by atoms with Crippen molar-refractivity contribution in [2.75, 3.05) is 31.7 Å². The van der Waals surface area contributed by atoms with Crippen molar-refractivity contribution in [3.8, 4) is 0 Å². The summed E-state index contributed by atoms with van der Waals surface area (Å²) in [6.45, 7) is 4.51. The zero-order chi connectivity index (χ0) is 18.4. The van der Waals surface area contributed by atoms with E-state index in [4.69, 9.17) is 4.74 Å². The van der Waals surface area contributed by atoms with E-state index in [0.717, 1.165) is 36.8 Å². The smallest absolute Gasteiger partial charge is 0.185 e. The molecule has 1 heterocycles. The van der Waals surface area contributed by atoms with Crippen LogP contribution < -0.4 is 4.90 Å². The van der Waals surface area contributed by atoms with Crippen LogP contribution in [0.4, 0.5) is 5.82 Å². The van der Waals surface area contributed by atoms with Gasteiger partial charge in [-0.15, -0.1) is 0 Å². The fourth-order valence-electron chi connectivity index (χ4n) is 2.95. The molecule has 5 nitrogen and oxygen atoms in total. The van der Waals surface area contributed by atoms with Gasteiger partial charge < -0.3 is 9.64 Å². The van der Waals surface area contributed by atoms with Gasteiger partial charge in [0.15, 0.2) is 5.78 Å². The Morgan fingerprint density at radius 2 is 1.92 bits per heavy atom. The molecule has 0 saturated heterocycles. The summed E-state index contributed by atoms with van der Waals surface area (Å²) in [5.74, 6) is 1.57. The molecule has 0 N–H and O–H groups in total. The first kappa shape index (κ1) is 18.5. The molecule has 138 valence electrons. The van der Waals surface area contributed by atoms with Gasteiger partial charge in [-0.05, 0) is 36.3 Å². The number of nitrogens with zero attached hydrogens (tertiary/aromatic N) is 3. The third-order valence-electron chi connectivity index (χ3n) is 4.80. The number of carbonyl (C=O) groups excluding carboxylic acids is 1. The average Bonchev–Trinajstić information content (AvgIpc) is 3.50. The minimum Gasteiger partial charge on any atom is -0.383 e. The van der Waals surface area contributed by atoms with Crippen molar-refractivity contribution in [1.82, 2.24) is 9.97 Å². The Morgan fingerprint density at radius 3 is 2.58 bits per heavy atom. The van der Waals surface area contributed by atoms with E-state index in [1.165, 1.54) is 24.7 Å². The molecular formula is C21H27N3O2. The summed E-state index contributed by atoms with van der Waals surface area (Å²) in [4.78, 5) is 23.5. The average molecular weight is 353 g/mol. The van der Waals surface area contributed by atoms with Gasteiger partial charge in [-0.2, -0.15) is 0 Å². The molecule has 1 aliphatic rings. The van der Waals surface area contributed by atoms with E-state index in [-0.39, 0.29) is 5.78 Å². The van der Waals surface area contributed by atoms with Crippen LogP contribution in [0.1, 0.15) is 41.4 Å². The maximum atomic E-state index is 12.7. The molecule has 0 atom stereocenters. The molecule has 2 aromatic rings. The van der Waals surface area contributed by atoms with Crippen molar-refractivity contribution in [1.29, 1.82) is 0 Å². The number of anilines is 1. The number of carbonyl (C=O) groups is 1. The van der Waals surface area contributed by atoms with Crippen LogP contribution in [0, 0.1) is 5.92 Å². The fourth-order valence-corrected chi connectivity index (χ4v) is 2.95. The maximum Gasteiger partial charge on any atom is 0.185 e. The molecule has 1 aromatic heterocycles. The molecule has 1 aromatic carbocycles. The summed E-state index contributed by atoms with van der Waals surface area (Å²) >= 11 is 0. The molecule has 1 aliphatic carbocycles. The lowest BCUT2D eigenvalue weighted by molar-refractivity contribution is 0.0988. The van der Waals surface area contributed by atoms with Gasteiger partial charge in [-0.25, -0.2) is 9.97 Å². The van der Waals surface area contributed by atoms with Crippen molar-refractivity contribution in [3.63, 3.8) is 0 Å². The lowest BCUT2D eigenvalue weighted by Gasteiger charge is -2.23. The minimum atomic E-state index is 0.0241. The van der Waals surface area contributed by atoms with Gasteiger partial charge in [0, 0.05) is 32.7 Å². The van der Waals surface area contributed by atoms with Crippen LogP contribution in [0.3, 0.4) is 0 Å². The zero-order valence-corrected chi connectivity index (χ0v) is 15.6. The minimum absolute atomic E-state index is 0.0241. The number of hydrogen-bond acceptors (Lipinski definition) is 5. The van der Waals surface area contributed by atoms with E-state index in [1.807, 2.05) is 18.2 Å². The van der Waals surface area contributed by atoms with Gasteiger partial charge in [0.2, 0.25) is 0 Å². The summed E-state index contributed by atoms with van der Waals surface area (Å²) in [6, 6.07) is 10.0. The van der Waals surface area contributed by atoms with E-state index in [2.05, 4.69) is 33.9 Å². The maximum absolute atomic E-state index is 12.7. The number of methoxy groups -OCH3 is 1. The van der Waals surface area contributed by atoms with E-state index in [1.54, 1.807) is 7.11 Å². The highest BCUT2D eigenvalue weighted by molar-refractivity contribution is 5.96. The van der Waals surface area contributed by atoms with Crippen molar-refractivity contribution in [2.45, 2.75) is 32.6 Å². The largest absolute Gasteiger partial charge is 0.383 e. The van der Waals surface area contributed by atoms with Gasteiger partial charge >= 0.3 is 0 Å². The second-order valence-corrected chi connectivity index (χ2v) is 6.91. The Labute approximate surface area is 155 Å². The predicted octanol–water partition coefficient (Wildman–Crippen LogP) is 3.33. The quantitative estimate of drug-likeness (QED) is 0.613. The van der Waals surface area contributed by atoms with Gasteiger partial charge in [-0.1, -0.05) is 31.2 Å². The molecule has 0 unspecified atom stereocenters. The summed E-state index contributed by atoms with van der Waals surface area (Å²) < 4.78 is 5.22. The van der Waals surface area contributed by atoms with E-state index in [0.29, 0.717) is 18.7 Å². The second kappa shape index (κ2) is 8.90. The van der Waals surface area contributed by atoms with E-state index >= 15 is 0 Å². The van der Waals surface area contributed by atoms with Crippen LogP contribution in [0.15, 0.2) is 36.7 Å². The van der Waals surface area contributed by atoms with Gasteiger partial charge in [-0.3, -0.25) is 4.79 Å². The number of hydrogen-bond donors (Lipinski definition) is 0. The number of rotatable bonds is 10. The summed E-state index contributed by atoms with van der Waals surface area (Å²) in [7, 11) is 1.70. The highest BCUT2D eigenvalue weighted by Crippen LogP contribution is 2.31. The topological polar surface area (TPSA) is 55.3 Å². The lowest BCUT2D eigenvalue weighted by atomic mass is 10.0. The lowest BCUT2D eigenvalue weighted by Crippen LogP contribution is -2.30.